The number of halogens is 1. The predicted molar refractivity (Wildman–Crippen MR) is 129 cm³/mol. The lowest BCUT2D eigenvalue weighted by atomic mass is 9.79. The molecule has 0 aromatic heterocycles. The topological polar surface area (TPSA) is 56.1 Å². The molecule has 1 aliphatic rings. The Hall–Kier alpha value is -3.13. The Morgan fingerprint density at radius 2 is 2.00 bits per heavy atom. The Morgan fingerprint density at radius 1 is 1.28 bits per heavy atom. The van der Waals surface area contributed by atoms with E-state index in [9.17, 15) is 10.1 Å². The van der Waals surface area contributed by atoms with Gasteiger partial charge in [-0.15, -0.1) is 0 Å². The van der Waals surface area contributed by atoms with E-state index in [1.54, 1.807) is 18.2 Å². The standard InChI is InChI=1S/C27H32FN3O/c1-7-10-31-25-14-24(28)20(13-23(25)19(4)15-27(31,5)6)12-21(16-29)26(32)30-22-9-8-17(2)18(3)11-22/h8-9,11-14,19H,7,10,15H2,1-6H3,(H,30,32)/b21-12+. The molecule has 1 unspecified atom stereocenters. The smallest absolute Gasteiger partial charge is 0.266 e. The molecule has 1 aliphatic heterocycles. The summed E-state index contributed by atoms with van der Waals surface area (Å²) >= 11 is 0. The lowest BCUT2D eigenvalue weighted by Gasteiger charge is -2.47. The maximum absolute atomic E-state index is 15.1. The zero-order chi connectivity index (χ0) is 23.6. The van der Waals surface area contributed by atoms with Crippen LogP contribution in [0.3, 0.4) is 0 Å². The molecular weight excluding hydrogens is 401 g/mol. The number of carbonyl (C=O) groups is 1. The average Bonchev–Trinajstić information content (AvgIpc) is 2.72. The molecule has 32 heavy (non-hydrogen) atoms. The van der Waals surface area contributed by atoms with Crippen molar-refractivity contribution >= 4 is 23.4 Å². The Morgan fingerprint density at radius 3 is 2.62 bits per heavy atom. The van der Waals surface area contributed by atoms with Crippen molar-refractivity contribution in [2.24, 2.45) is 0 Å². The highest BCUT2D eigenvalue weighted by molar-refractivity contribution is 6.09. The van der Waals surface area contributed by atoms with Gasteiger partial charge in [0, 0.05) is 29.0 Å². The number of hydrogen-bond donors (Lipinski definition) is 1. The van der Waals surface area contributed by atoms with Gasteiger partial charge in [-0.05, 0) is 93.5 Å². The summed E-state index contributed by atoms with van der Waals surface area (Å²) in [6.45, 7) is 13.4. The highest BCUT2D eigenvalue weighted by Crippen LogP contribution is 2.44. The predicted octanol–water partition coefficient (Wildman–Crippen LogP) is 6.49. The van der Waals surface area contributed by atoms with Gasteiger partial charge < -0.3 is 10.2 Å². The molecule has 4 nitrogen and oxygen atoms in total. The zero-order valence-electron chi connectivity index (χ0n) is 19.8. The van der Waals surface area contributed by atoms with Crippen LogP contribution >= 0.6 is 0 Å². The van der Waals surface area contributed by atoms with Crippen LogP contribution in [0.15, 0.2) is 35.9 Å². The molecule has 3 rings (SSSR count). The van der Waals surface area contributed by atoms with Crippen molar-refractivity contribution in [3.8, 4) is 6.07 Å². The number of nitriles is 1. The summed E-state index contributed by atoms with van der Waals surface area (Å²) in [4.78, 5) is 15.0. The summed E-state index contributed by atoms with van der Waals surface area (Å²) in [7, 11) is 0. The molecule has 2 aromatic rings. The molecule has 0 bridgehead atoms. The van der Waals surface area contributed by atoms with E-state index in [0.717, 1.165) is 41.8 Å². The minimum atomic E-state index is -0.547. The van der Waals surface area contributed by atoms with E-state index < -0.39 is 11.7 Å². The van der Waals surface area contributed by atoms with Crippen molar-refractivity contribution < 1.29 is 9.18 Å². The van der Waals surface area contributed by atoms with Crippen molar-refractivity contribution in [1.29, 1.82) is 5.26 Å². The van der Waals surface area contributed by atoms with Crippen LogP contribution in [0.1, 0.15) is 68.7 Å². The Balaban J connectivity index is 1.96. The number of nitrogens with one attached hydrogen (secondary N) is 1. The lowest BCUT2D eigenvalue weighted by molar-refractivity contribution is -0.112. The highest BCUT2D eigenvalue weighted by atomic mass is 19.1. The van der Waals surface area contributed by atoms with Gasteiger partial charge >= 0.3 is 0 Å². The van der Waals surface area contributed by atoms with Gasteiger partial charge in [0.25, 0.3) is 5.91 Å². The van der Waals surface area contributed by atoms with Crippen LogP contribution in [-0.2, 0) is 4.79 Å². The quantitative estimate of drug-likeness (QED) is 0.433. The second-order valence-electron chi connectivity index (χ2n) is 9.42. The van der Waals surface area contributed by atoms with Crippen molar-refractivity contribution in [1.82, 2.24) is 0 Å². The Labute approximate surface area is 190 Å². The molecule has 1 heterocycles. The van der Waals surface area contributed by atoms with E-state index in [2.05, 4.69) is 37.9 Å². The van der Waals surface area contributed by atoms with Crippen molar-refractivity contribution in [2.45, 2.75) is 65.8 Å². The second kappa shape index (κ2) is 9.16. The molecule has 0 radical (unpaired) electrons. The molecule has 0 aliphatic carbocycles. The SMILES string of the molecule is CCCN1c2cc(F)c(/C=C(\C#N)C(=O)Nc3ccc(C)c(C)c3)cc2C(C)CC1(C)C. The van der Waals surface area contributed by atoms with Crippen LogP contribution in [0.25, 0.3) is 6.08 Å². The fourth-order valence-corrected chi connectivity index (χ4v) is 4.60. The Kier molecular flexibility index (Phi) is 6.74. The van der Waals surface area contributed by atoms with Gasteiger partial charge in [0.15, 0.2) is 0 Å². The first-order valence-corrected chi connectivity index (χ1v) is 11.2. The van der Waals surface area contributed by atoms with E-state index in [0.29, 0.717) is 5.69 Å². The maximum Gasteiger partial charge on any atom is 0.266 e. The van der Waals surface area contributed by atoms with E-state index >= 15 is 4.39 Å². The first kappa shape index (κ1) is 23.5. The molecule has 2 aromatic carbocycles. The third kappa shape index (κ3) is 4.70. The van der Waals surface area contributed by atoms with Gasteiger partial charge in [0.2, 0.25) is 0 Å². The molecule has 1 atom stereocenters. The lowest BCUT2D eigenvalue weighted by Crippen LogP contribution is -2.48. The highest BCUT2D eigenvalue weighted by Gasteiger charge is 2.36. The van der Waals surface area contributed by atoms with Crippen LogP contribution < -0.4 is 10.2 Å². The number of nitrogens with zero attached hydrogens (tertiary/aromatic N) is 2. The largest absolute Gasteiger partial charge is 0.366 e. The molecule has 168 valence electrons. The van der Waals surface area contributed by atoms with Crippen molar-refractivity contribution in [2.75, 3.05) is 16.8 Å². The number of fused-ring (bicyclic) bond motifs is 1. The van der Waals surface area contributed by atoms with E-state index in [-0.39, 0.29) is 22.6 Å². The van der Waals surface area contributed by atoms with Gasteiger partial charge in [0.05, 0.1) is 0 Å². The van der Waals surface area contributed by atoms with Crippen LogP contribution in [0.2, 0.25) is 0 Å². The molecule has 0 saturated carbocycles. The maximum atomic E-state index is 15.1. The molecule has 0 fully saturated rings. The van der Waals surface area contributed by atoms with Gasteiger partial charge in [-0.3, -0.25) is 4.79 Å². The van der Waals surface area contributed by atoms with E-state index in [4.69, 9.17) is 0 Å². The number of benzene rings is 2. The van der Waals surface area contributed by atoms with E-state index in [1.807, 2.05) is 32.0 Å². The minimum Gasteiger partial charge on any atom is -0.366 e. The van der Waals surface area contributed by atoms with E-state index in [1.165, 1.54) is 6.08 Å². The van der Waals surface area contributed by atoms with Gasteiger partial charge in [-0.2, -0.15) is 5.26 Å². The van der Waals surface area contributed by atoms with Crippen LogP contribution in [-0.4, -0.2) is 18.0 Å². The van der Waals surface area contributed by atoms with Crippen molar-refractivity contribution in [3.63, 3.8) is 0 Å². The van der Waals surface area contributed by atoms with Gasteiger partial charge in [-0.1, -0.05) is 19.9 Å². The monoisotopic (exact) mass is 433 g/mol. The van der Waals surface area contributed by atoms with Crippen LogP contribution in [0, 0.1) is 31.0 Å². The third-order valence-electron chi connectivity index (χ3n) is 6.38. The molecule has 0 spiro atoms. The van der Waals surface area contributed by atoms with Crippen LogP contribution in [0.5, 0.6) is 0 Å². The number of anilines is 2. The summed E-state index contributed by atoms with van der Waals surface area (Å²) in [6.07, 6.45) is 3.27. The number of hydrogen-bond acceptors (Lipinski definition) is 3. The number of amides is 1. The number of rotatable bonds is 5. The average molecular weight is 434 g/mol. The van der Waals surface area contributed by atoms with Gasteiger partial charge in [0.1, 0.15) is 17.5 Å². The molecule has 5 heteroatoms. The fourth-order valence-electron chi connectivity index (χ4n) is 4.60. The molecular formula is C27H32FN3O. The summed E-state index contributed by atoms with van der Waals surface area (Å²) in [5.41, 5.74) is 4.80. The second-order valence-corrected chi connectivity index (χ2v) is 9.42. The molecule has 0 saturated heterocycles. The summed E-state index contributed by atoms with van der Waals surface area (Å²) in [5.74, 6) is -0.730. The zero-order valence-corrected chi connectivity index (χ0v) is 19.8. The first-order chi connectivity index (χ1) is 15.1. The fraction of sp³-hybridized carbons (Fsp3) is 0.407. The summed E-state index contributed by atoms with van der Waals surface area (Å²) in [6, 6.07) is 10.8. The first-order valence-electron chi connectivity index (χ1n) is 11.2. The third-order valence-corrected chi connectivity index (χ3v) is 6.38. The summed E-state index contributed by atoms with van der Waals surface area (Å²) in [5, 5.41) is 12.3. The number of aryl methyl sites for hydroxylation is 2. The van der Waals surface area contributed by atoms with Gasteiger partial charge in [-0.25, -0.2) is 4.39 Å². The molecule has 1 N–H and O–H groups in total. The minimum absolute atomic E-state index is 0.0594. The Bertz CT molecular complexity index is 1110. The normalized spacial score (nSPS) is 17.5. The van der Waals surface area contributed by atoms with Crippen LogP contribution in [0.4, 0.5) is 15.8 Å². The summed E-state index contributed by atoms with van der Waals surface area (Å²) < 4.78 is 15.1. The number of carbonyl (C=O) groups excluding carboxylic acids is 1. The van der Waals surface area contributed by atoms with Crippen molar-refractivity contribution in [3.05, 3.63) is 64.0 Å². The molecule has 1 amide bonds.